The van der Waals surface area contributed by atoms with Gasteiger partial charge in [0, 0.05) is 30.9 Å². The van der Waals surface area contributed by atoms with Gasteiger partial charge < -0.3 is 5.32 Å². The van der Waals surface area contributed by atoms with Gasteiger partial charge in [-0.1, -0.05) is 11.6 Å². The van der Waals surface area contributed by atoms with E-state index in [0.717, 1.165) is 0 Å². The molecule has 1 N–H and O–H groups in total. The van der Waals surface area contributed by atoms with E-state index in [4.69, 9.17) is 11.6 Å². The summed E-state index contributed by atoms with van der Waals surface area (Å²) in [7, 11) is 1.73. The molecule has 118 valence electrons. The molecule has 1 amide bonds. The van der Waals surface area contributed by atoms with Gasteiger partial charge in [-0.2, -0.15) is 10.2 Å². The van der Waals surface area contributed by atoms with E-state index in [1.165, 1.54) is 0 Å². The lowest BCUT2D eigenvalue weighted by Gasteiger charge is -2.10. The number of hydrogen-bond donors (Lipinski definition) is 1. The van der Waals surface area contributed by atoms with Gasteiger partial charge in [0.1, 0.15) is 0 Å². The number of hydrogen-bond acceptors (Lipinski definition) is 4. The molecular formula is C15H14ClN5O2. The number of fused-ring (bicyclic) bond motifs is 1. The molecule has 7 nitrogen and oxygen atoms in total. The quantitative estimate of drug-likeness (QED) is 0.796. The minimum absolute atomic E-state index is 0.188. The Morgan fingerprint density at radius 3 is 2.74 bits per heavy atom. The first-order valence-corrected chi connectivity index (χ1v) is 7.38. The zero-order valence-corrected chi connectivity index (χ0v) is 13.3. The Morgan fingerprint density at radius 2 is 2.09 bits per heavy atom. The molecule has 2 heterocycles. The van der Waals surface area contributed by atoms with Crippen LogP contribution in [0.1, 0.15) is 17.4 Å². The number of nitrogens with zero attached hydrogens (tertiary/aromatic N) is 4. The van der Waals surface area contributed by atoms with Crippen LogP contribution in [0.5, 0.6) is 0 Å². The van der Waals surface area contributed by atoms with Crippen LogP contribution in [0.15, 0.2) is 35.3 Å². The van der Waals surface area contributed by atoms with Gasteiger partial charge in [0.25, 0.3) is 5.91 Å². The highest BCUT2D eigenvalue weighted by atomic mass is 35.5. The van der Waals surface area contributed by atoms with Gasteiger partial charge in [-0.3, -0.25) is 19.0 Å². The van der Waals surface area contributed by atoms with Crippen LogP contribution in [0.2, 0.25) is 5.02 Å². The molecule has 2 aromatic heterocycles. The maximum Gasteiger partial charge on any atom is 0.281 e. The van der Waals surface area contributed by atoms with Crippen molar-refractivity contribution in [3.05, 3.63) is 51.4 Å². The van der Waals surface area contributed by atoms with Gasteiger partial charge in [-0.15, -0.1) is 0 Å². The highest BCUT2D eigenvalue weighted by Crippen LogP contribution is 2.16. The molecule has 8 heteroatoms. The number of halogens is 1. The molecule has 0 aliphatic heterocycles. The van der Waals surface area contributed by atoms with E-state index in [2.05, 4.69) is 15.5 Å². The van der Waals surface area contributed by atoms with Crippen LogP contribution in [-0.4, -0.2) is 25.5 Å². The summed E-state index contributed by atoms with van der Waals surface area (Å²) in [6.45, 7) is 2.40. The predicted molar refractivity (Wildman–Crippen MR) is 87.8 cm³/mol. The Labute approximate surface area is 136 Å². The Hall–Kier alpha value is -2.67. The van der Waals surface area contributed by atoms with E-state index in [9.17, 15) is 9.59 Å². The molecule has 0 aliphatic carbocycles. The number of anilines is 1. The Bertz CT molecular complexity index is 960. The molecule has 0 aliphatic rings. The fourth-order valence-corrected chi connectivity index (χ4v) is 2.48. The second-order valence-electron chi connectivity index (χ2n) is 4.98. The largest absolute Gasteiger partial charge is 0.304 e. The normalized spacial score (nSPS) is 10.9. The van der Waals surface area contributed by atoms with Crippen LogP contribution >= 0.6 is 11.6 Å². The van der Waals surface area contributed by atoms with E-state index in [1.807, 2.05) is 6.92 Å². The minimum atomic E-state index is -0.599. The summed E-state index contributed by atoms with van der Waals surface area (Å²) in [5.41, 5.74) is -0.0100. The molecule has 0 radical (unpaired) electrons. The van der Waals surface area contributed by atoms with Crippen LogP contribution in [0.25, 0.3) is 10.9 Å². The Balaban J connectivity index is 2.11. The predicted octanol–water partition coefficient (Wildman–Crippen LogP) is 2.06. The molecule has 0 unspecified atom stereocenters. The molecule has 0 saturated heterocycles. The highest BCUT2D eigenvalue weighted by molar-refractivity contribution is 6.31. The van der Waals surface area contributed by atoms with Crippen LogP contribution < -0.4 is 10.7 Å². The molecule has 3 rings (SSSR count). The van der Waals surface area contributed by atoms with Gasteiger partial charge in [-0.25, -0.2) is 0 Å². The average molecular weight is 332 g/mol. The standard InChI is InChI=1S/C15H14ClN5O2/c1-3-21-11-5-4-9(16)8-10(11)14(22)13(19-21)15(23)17-12-6-7-20(2)18-12/h4-8H,3H2,1-2H3,(H,17,18,23). The zero-order valence-electron chi connectivity index (χ0n) is 12.6. The van der Waals surface area contributed by atoms with Gasteiger partial charge in [0.2, 0.25) is 5.43 Å². The smallest absolute Gasteiger partial charge is 0.281 e. The number of benzene rings is 1. The van der Waals surface area contributed by atoms with Crippen LogP contribution in [0.3, 0.4) is 0 Å². The third-order valence-electron chi connectivity index (χ3n) is 3.39. The van der Waals surface area contributed by atoms with E-state index < -0.39 is 11.3 Å². The first-order valence-electron chi connectivity index (χ1n) is 7.01. The zero-order chi connectivity index (χ0) is 16.6. The average Bonchev–Trinajstić information content (AvgIpc) is 2.93. The number of aromatic nitrogens is 4. The summed E-state index contributed by atoms with van der Waals surface area (Å²) in [6.07, 6.45) is 1.69. The van der Waals surface area contributed by atoms with E-state index in [-0.39, 0.29) is 5.69 Å². The van der Waals surface area contributed by atoms with E-state index in [0.29, 0.717) is 28.3 Å². The van der Waals surface area contributed by atoms with Gasteiger partial charge in [-0.05, 0) is 25.1 Å². The van der Waals surface area contributed by atoms with Crippen molar-refractivity contribution in [2.45, 2.75) is 13.5 Å². The maximum atomic E-state index is 12.6. The fraction of sp³-hybridized carbons (Fsp3) is 0.200. The number of carbonyl (C=O) groups is 1. The van der Waals surface area contributed by atoms with Crippen molar-refractivity contribution in [3.8, 4) is 0 Å². The maximum absolute atomic E-state index is 12.6. The number of nitrogens with one attached hydrogen (secondary N) is 1. The SMILES string of the molecule is CCn1nc(C(=O)Nc2ccn(C)n2)c(=O)c2cc(Cl)ccc21. The molecular weight excluding hydrogens is 318 g/mol. The van der Waals surface area contributed by atoms with E-state index >= 15 is 0 Å². The molecule has 0 spiro atoms. The fourth-order valence-electron chi connectivity index (χ4n) is 2.31. The third-order valence-corrected chi connectivity index (χ3v) is 3.62. The first-order chi connectivity index (χ1) is 11.0. The first kappa shape index (κ1) is 15.2. The number of carbonyl (C=O) groups excluding carboxylic acids is 1. The monoisotopic (exact) mass is 331 g/mol. The van der Waals surface area contributed by atoms with Crippen LogP contribution in [0, 0.1) is 0 Å². The number of amides is 1. The van der Waals surface area contributed by atoms with E-state index in [1.54, 1.807) is 46.9 Å². The molecule has 0 saturated carbocycles. The molecule has 1 aromatic carbocycles. The van der Waals surface area contributed by atoms with Crippen molar-refractivity contribution in [2.75, 3.05) is 5.32 Å². The Kier molecular flexibility index (Phi) is 3.87. The molecule has 23 heavy (non-hydrogen) atoms. The summed E-state index contributed by atoms with van der Waals surface area (Å²) >= 11 is 5.97. The summed E-state index contributed by atoms with van der Waals surface area (Å²) in [4.78, 5) is 24.9. The lowest BCUT2D eigenvalue weighted by atomic mass is 10.2. The topological polar surface area (TPSA) is 81.8 Å². The summed E-state index contributed by atoms with van der Waals surface area (Å²) in [5, 5.41) is 11.6. The van der Waals surface area contributed by atoms with Gasteiger partial charge in [0.15, 0.2) is 11.5 Å². The summed E-state index contributed by atoms with van der Waals surface area (Å²) in [6, 6.07) is 6.58. The molecule has 0 atom stereocenters. The molecule has 3 aromatic rings. The summed E-state index contributed by atoms with van der Waals surface area (Å²) < 4.78 is 3.15. The van der Waals surface area contributed by atoms with Crippen molar-refractivity contribution >= 4 is 34.2 Å². The van der Waals surface area contributed by atoms with Gasteiger partial charge in [0.05, 0.1) is 10.9 Å². The Morgan fingerprint density at radius 1 is 1.30 bits per heavy atom. The molecule has 0 fully saturated rings. The number of aryl methyl sites for hydroxylation is 2. The lowest BCUT2D eigenvalue weighted by molar-refractivity contribution is 0.101. The summed E-state index contributed by atoms with van der Waals surface area (Å²) in [5.74, 6) is -0.245. The van der Waals surface area contributed by atoms with Crippen molar-refractivity contribution in [1.82, 2.24) is 19.6 Å². The second-order valence-corrected chi connectivity index (χ2v) is 5.42. The minimum Gasteiger partial charge on any atom is -0.304 e. The highest BCUT2D eigenvalue weighted by Gasteiger charge is 2.18. The van der Waals surface area contributed by atoms with Crippen molar-refractivity contribution in [1.29, 1.82) is 0 Å². The third kappa shape index (κ3) is 2.83. The number of rotatable bonds is 3. The van der Waals surface area contributed by atoms with Crippen LogP contribution in [-0.2, 0) is 13.6 Å². The van der Waals surface area contributed by atoms with Crippen molar-refractivity contribution in [2.24, 2.45) is 7.05 Å². The van der Waals surface area contributed by atoms with Crippen molar-refractivity contribution in [3.63, 3.8) is 0 Å². The lowest BCUT2D eigenvalue weighted by Crippen LogP contribution is -2.27. The van der Waals surface area contributed by atoms with Crippen LogP contribution in [0.4, 0.5) is 5.82 Å². The second kappa shape index (κ2) is 5.85. The van der Waals surface area contributed by atoms with Gasteiger partial charge >= 0.3 is 0 Å². The van der Waals surface area contributed by atoms with Crippen molar-refractivity contribution < 1.29 is 4.79 Å². The molecule has 0 bridgehead atoms.